The van der Waals surface area contributed by atoms with Gasteiger partial charge in [-0.2, -0.15) is 0 Å². The number of benzene rings is 3. The predicted octanol–water partition coefficient (Wildman–Crippen LogP) is 5.91. The molecule has 32 heavy (non-hydrogen) atoms. The Bertz CT molecular complexity index is 1030. The maximum absolute atomic E-state index is 11.7. The van der Waals surface area contributed by atoms with Crippen LogP contribution in [0, 0.1) is 6.57 Å². The molecule has 1 atom stereocenters. The lowest BCUT2D eigenvalue weighted by Gasteiger charge is -2.23. The van der Waals surface area contributed by atoms with Crippen molar-refractivity contribution in [2.75, 3.05) is 26.7 Å². The van der Waals surface area contributed by atoms with E-state index in [-0.39, 0.29) is 18.6 Å². The molecular weight excluding hydrogens is 400 g/mol. The van der Waals surface area contributed by atoms with Crippen molar-refractivity contribution < 1.29 is 14.3 Å². The standard InChI is InChI=1S/C27H28N2O3/c1-4-31-27(30)20-29(3)19-18-26(23-8-6-5-7-9-23)32-25-16-12-22(13-17-25)21-10-14-24(28-2)15-11-21/h5-17,26H,4,18-20H2,1,3H3. The van der Waals surface area contributed by atoms with Crippen LogP contribution < -0.4 is 4.74 Å². The fourth-order valence-corrected chi connectivity index (χ4v) is 3.42. The highest BCUT2D eigenvalue weighted by Crippen LogP contribution is 2.28. The number of hydrogen-bond acceptors (Lipinski definition) is 4. The molecular formula is C27H28N2O3. The number of carbonyl (C=O) groups excluding carboxylic acids is 1. The van der Waals surface area contributed by atoms with E-state index < -0.39 is 0 Å². The molecule has 5 nitrogen and oxygen atoms in total. The third-order valence-electron chi connectivity index (χ3n) is 5.11. The zero-order chi connectivity index (χ0) is 22.8. The Morgan fingerprint density at radius 2 is 1.59 bits per heavy atom. The lowest BCUT2D eigenvalue weighted by molar-refractivity contribution is -0.144. The van der Waals surface area contributed by atoms with Gasteiger partial charge in [-0.1, -0.05) is 66.7 Å². The van der Waals surface area contributed by atoms with Gasteiger partial charge in [-0.15, -0.1) is 0 Å². The molecule has 0 aliphatic carbocycles. The maximum atomic E-state index is 11.7. The second-order valence-corrected chi connectivity index (χ2v) is 7.53. The highest BCUT2D eigenvalue weighted by atomic mass is 16.5. The third-order valence-corrected chi connectivity index (χ3v) is 5.11. The Morgan fingerprint density at radius 1 is 0.969 bits per heavy atom. The van der Waals surface area contributed by atoms with Crippen LogP contribution >= 0.6 is 0 Å². The van der Waals surface area contributed by atoms with Gasteiger partial charge in [-0.05, 0) is 42.8 Å². The van der Waals surface area contributed by atoms with Crippen molar-refractivity contribution >= 4 is 11.7 Å². The number of rotatable bonds is 10. The Kier molecular flexibility index (Phi) is 8.42. The molecule has 3 aromatic rings. The van der Waals surface area contributed by atoms with Crippen molar-refractivity contribution in [2.24, 2.45) is 0 Å². The minimum absolute atomic E-state index is 0.135. The van der Waals surface area contributed by atoms with Gasteiger partial charge >= 0.3 is 5.97 Å². The summed E-state index contributed by atoms with van der Waals surface area (Å²) in [7, 11) is 1.91. The summed E-state index contributed by atoms with van der Waals surface area (Å²) in [5, 5.41) is 0. The molecule has 0 aliphatic rings. The van der Waals surface area contributed by atoms with Crippen LogP contribution in [0.2, 0.25) is 0 Å². The number of hydrogen-bond donors (Lipinski definition) is 0. The van der Waals surface area contributed by atoms with Crippen molar-refractivity contribution in [2.45, 2.75) is 19.4 Å². The molecule has 0 radical (unpaired) electrons. The molecule has 0 spiro atoms. The number of carbonyl (C=O) groups is 1. The SMILES string of the molecule is [C-]#[N+]c1ccc(-c2ccc(OC(CCN(C)CC(=O)OCC)c3ccccc3)cc2)cc1. The first-order chi connectivity index (χ1) is 15.6. The number of nitrogens with zero attached hydrogens (tertiary/aromatic N) is 2. The van der Waals surface area contributed by atoms with Gasteiger partial charge < -0.3 is 9.47 Å². The molecule has 0 N–H and O–H groups in total. The fourth-order valence-electron chi connectivity index (χ4n) is 3.42. The Labute approximate surface area is 190 Å². The van der Waals surface area contributed by atoms with Gasteiger partial charge in [-0.3, -0.25) is 9.69 Å². The first-order valence-corrected chi connectivity index (χ1v) is 10.7. The average molecular weight is 429 g/mol. The molecule has 5 heteroatoms. The predicted molar refractivity (Wildman–Crippen MR) is 127 cm³/mol. The van der Waals surface area contributed by atoms with E-state index in [9.17, 15) is 4.79 Å². The van der Waals surface area contributed by atoms with Crippen LogP contribution in [0.15, 0.2) is 78.9 Å². The average Bonchev–Trinajstić information content (AvgIpc) is 2.83. The number of likely N-dealkylation sites (N-methyl/N-ethyl adjacent to an activating group) is 1. The first-order valence-electron chi connectivity index (χ1n) is 10.7. The van der Waals surface area contributed by atoms with Crippen LogP contribution in [0.1, 0.15) is 25.0 Å². The smallest absolute Gasteiger partial charge is 0.320 e. The largest absolute Gasteiger partial charge is 0.486 e. The summed E-state index contributed by atoms with van der Waals surface area (Å²) in [6.45, 7) is 10.2. The molecule has 3 aromatic carbocycles. The van der Waals surface area contributed by atoms with Crippen LogP contribution in [0.5, 0.6) is 5.75 Å². The number of esters is 1. The van der Waals surface area contributed by atoms with Crippen LogP contribution in [0.25, 0.3) is 16.0 Å². The summed E-state index contributed by atoms with van der Waals surface area (Å²) in [5.41, 5.74) is 3.85. The van der Waals surface area contributed by atoms with E-state index in [0.717, 1.165) is 28.9 Å². The quantitative estimate of drug-likeness (QED) is 0.297. The summed E-state index contributed by atoms with van der Waals surface area (Å²) in [6.07, 6.45) is 0.601. The molecule has 1 unspecified atom stereocenters. The van der Waals surface area contributed by atoms with Gasteiger partial charge in [0, 0.05) is 13.0 Å². The lowest BCUT2D eigenvalue weighted by atomic mass is 10.0. The van der Waals surface area contributed by atoms with Gasteiger partial charge in [0.25, 0.3) is 0 Å². The van der Waals surface area contributed by atoms with Crippen LogP contribution in [0.4, 0.5) is 5.69 Å². The van der Waals surface area contributed by atoms with Crippen molar-refractivity contribution in [1.29, 1.82) is 0 Å². The summed E-state index contributed by atoms with van der Waals surface area (Å²) in [5.74, 6) is 0.570. The monoisotopic (exact) mass is 428 g/mol. The van der Waals surface area contributed by atoms with E-state index in [1.54, 1.807) is 0 Å². The van der Waals surface area contributed by atoms with Crippen molar-refractivity contribution in [3.8, 4) is 16.9 Å². The van der Waals surface area contributed by atoms with E-state index in [1.165, 1.54) is 0 Å². The minimum Gasteiger partial charge on any atom is -0.486 e. The van der Waals surface area contributed by atoms with Crippen molar-refractivity contribution in [1.82, 2.24) is 4.90 Å². The maximum Gasteiger partial charge on any atom is 0.320 e. The molecule has 0 bridgehead atoms. The zero-order valence-corrected chi connectivity index (χ0v) is 18.5. The minimum atomic E-state index is -0.216. The van der Waals surface area contributed by atoms with E-state index in [2.05, 4.69) is 17.0 Å². The molecule has 0 aliphatic heterocycles. The summed E-state index contributed by atoms with van der Waals surface area (Å²) >= 11 is 0. The first kappa shape index (κ1) is 23.1. The Hall–Kier alpha value is -3.62. The van der Waals surface area contributed by atoms with E-state index >= 15 is 0 Å². The van der Waals surface area contributed by atoms with Gasteiger partial charge in [-0.25, -0.2) is 4.85 Å². The van der Waals surface area contributed by atoms with Gasteiger partial charge in [0.15, 0.2) is 5.69 Å². The third kappa shape index (κ3) is 6.69. The van der Waals surface area contributed by atoms with E-state index in [4.69, 9.17) is 16.0 Å². The summed E-state index contributed by atoms with van der Waals surface area (Å²) in [6, 6.07) is 25.7. The van der Waals surface area contributed by atoms with Crippen LogP contribution in [0.3, 0.4) is 0 Å². The van der Waals surface area contributed by atoms with Crippen molar-refractivity contribution in [3.05, 3.63) is 95.8 Å². The van der Waals surface area contributed by atoms with Crippen LogP contribution in [-0.4, -0.2) is 37.6 Å². The molecule has 0 heterocycles. The topological polar surface area (TPSA) is 43.1 Å². The van der Waals surface area contributed by atoms with E-state index in [1.807, 2.05) is 85.6 Å². The molecule has 0 amide bonds. The Morgan fingerprint density at radius 3 is 2.19 bits per heavy atom. The Balaban J connectivity index is 1.68. The van der Waals surface area contributed by atoms with Crippen molar-refractivity contribution in [3.63, 3.8) is 0 Å². The fraction of sp³-hybridized carbons (Fsp3) is 0.259. The highest BCUT2D eigenvalue weighted by Gasteiger charge is 2.16. The molecule has 0 saturated carbocycles. The normalized spacial score (nSPS) is 11.6. The van der Waals surface area contributed by atoms with E-state index in [0.29, 0.717) is 18.8 Å². The molecule has 0 saturated heterocycles. The van der Waals surface area contributed by atoms with Gasteiger partial charge in [0.05, 0.1) is 19.7 Å². The second kappa shape index (κ2) is 11.7. The van der Waals surface area contributed by atoms with Gasteiger partial charge in [0.1, 0.15) is 11.9 Å². The second-order valence-electron chi connectivity index (χ2n) is 7.53. The molecule has 0 fully saturated rings. The lowest BCUT2D eigenvalue weighted by Crippen LogP contribution is -2.29. The summed E-state index contributed by atoms with van der Waals surface area (Å²) < 4.78 is 11.4. The summed E-state index contributed by atoms with van der Waals surface area (Å²) in [4.78, 5) is 17.1. The molecule has 164 valence electrons. The molecule has 3 rings (SSSR count). The van der Waals surface area contributed by atoms with Gasteiger partial charge in [0.2, 0.25) is 0 Å². The number of ether oxygens (including phenoxy) is 2. The molecule has 0 aromatic heterocycles. The highest BCUT2D eigenvalue weighted by molar-refractivity contribution is 5.71. The zero-order valence-electron chi connectivity index (χ0n) is 18.5. The van der Waals surface area contributed by atoms with Crippen LogP contribution in [-0.2, 0) is 9.53 Å².